The molecule has 18 heavy (non-hydrogen) atoms. The number of cyclic esters (lactones) is 1. The Morgan fingerprint density at radius 1 is 1.39 bits per heavy atom. The summed E-state index contributed by atoms with van der Waals surface area (Å²) < 4.78 is 4.93. The molecule has 0 spiro atoms. The van der Waals surface area contributed by atoms with E-state index in [1.165, 1.54) is 0 Å². The maximum atomic E-state index is 11.1. The largest absolute Gasteiger partial charge is 0.447 e. The number of nitrogens with zero attached hydrogens (tertiary/aromatic N) is 1. The molecular weight excluding hydrogens is 226 g/mol. The van der Waals surface area contributed by atoms with Crippen molar-refractivity contribution in [1.82, 2.24) is 4.90 Å². The smallest absolute Gasteiger partial charge is 0.410 e. The summed E-state index contributed by atoms with van der Waals surface area (Å²) >= 11 is 0. The van der Waals surface area contributed by atoms with Crippen LogP contribution in [0.5, 0.6) is 0 Å². The van der Waals surface area contributed by atoms with Crippen LogP contribution in [0.2, 0.25) is 0 Å². The van der Waals surface area contributed by atoms with Gasteiger partial charge < -0.3 is 9.64 Å². The normalized spacial score (nSPS) is 18.6. The fourth-order valence-electron chi connectivity index (χ4n) is 1.39. The number of hydrogen-bond donors (Lipinski definition) is 0. The minimum absolute atomic E-state index is 0.0312. The van der Waals surface area contributed by atoms with Crippen molar-refractivity contribution < 1.29 is 9.53 Å². The number of carbonyl (C=O) groups is 1. The van der Waals surface area contributed by atoms with Crippen LogP contribution in [0.15, 0.2) is 36.5 Å². The van der Waals surface area contributed by atoms with Crippen molar-refractivity contribution >= 4 is 6.09 Å². The predicted molar refractivity (Wildman–Crippen MR) is 78.7 cm³/mol. The molecule has 3 heteroatoms. The van der Waals surface area contributed by atoms with E-state index in [1.807, 2.05) is 52.8 Å². The Labute approximate surface area is 112 Å². The molecule has 0 radical (unpaired) electrons. The Morgan fingerprint density at radius 2 is 1.94 bits per heavy atom. The lowest BCUT2D eigenvalue weighted by molar-refractivity contribution is 0.163. The van der Waals surface area contributed by atoms with Crippen LogP contribution in [0.3, 0.4) is 0 Å². The van der Waals surface area contributed by atoms with Gasteiger partial charge in [0.1, 0.15) is 6.61 Å². The Hall–Kier alpha value is -1.51. The number of carbonyl (C=O) groups excluding carboxylic acids is 1. The topological polar surface area (TPSA) is 29.5 Å². The number of hydrogen-bond acceptors (Lipinski definition) is 2. The molecule has 1 aliphatic heterocycles. The summed E-state index contributed by atoms with van der Waals surface area (Å²) in [6, 6.07) is 0.0312. The molecule has 1 fully saturated rings. The van der Waals surface area contributed by atoms with E-state index in [4.69, 9.17) is 4.74 Å². The van der Waals surface area contributed by atoms with Crippen molar-refractivity contribution in [2.75, 3.05) is 13.7 Å². The highest BCUT2D eigenvalue weighted by molar-refractivity contribution is 5.70. The second-order valence-electron chi connectivity index (χ2n) is 3.09. The van der Waals surface area contributed by atoms with Gasteiger partial charge in [0.05, 0.1) is 6.04 Å². The maximum Gasteiger partial charge on any atom is 0.410 e. The van der Waals surface area contributed by atoms with Gasteiger partial charge in [0.15, 0.2) is 0 Å². The second-order valence-corrected chi connectivity index (χ2v) is 3.09. The van der Waals surface area contributed by atoms with E-state index in [9.17, 15) is 4.79 Å². The zero-order valence-electron chi connectivity index (χ0n) is 12.6. The van der Waals surface area contributed by atoms with Crippen LogP contribution in [0.4, 0.5) is 4.79 Å². The molecule has 0 saturated carbocycles. The van der Waals surface area contributed by atoms with E-state index >= 15 is 0 Å². The van der Waals surface area contributed by atoms with Gasteiger partial charge in [-0.15, -0.1) is 0 Å². The summed E-state index contributed by atoms with van der Waals surface area (Å²) in [6.45, 7) is 14.0. The molecule has 0 aromatic carbocycles. The van der Waals surface area contributed by atoms with Crippen molar-refractivity contribution in [3.05, 3.63) is 36.5 Å². The predicted octanol–water partition coefficient (Wildman–Crippen LogP) is 4.18. The summed E-state index contributed by atoms with van der Waals surface area (Å²) in [5, 5.41) is 0. The van der Waals surface area contributed by atoms with Gasteiger partial charge >= 0.3 is 6.09 Å². The van der Waals surface area contributed by atoms with Crippen molar-refractivity contribution in [3.8, 4) is 0 Å². The van der Waals surface area contributed by atoms with Crippen molar-refractivity contribution in [1.29, 1.82) is 0 Å². The summed E-state index contributed by atoms with van der Waals surface area (Å²) in [5.41, 5.74) is 1.07. The summed E-state index contributed by atoms with van der Waals surface area (Å²) in [5.74, 6) is 0. The minimum Gasteiger partial charge on any atom is -0.447 e. The van der Waals surface area contributed by atoms with Crippen LogP contribution < -0.4 is 0 Å². The third-order valence-electron chi connectivity index (χ3n) is 2.26. The van der Waals surface area contributed by atoms with Gasteiger partial charge in [-0.2, -0.15) is 0 Å². The zero-order chi connectivity index (χ0) is 14.6. The van der Waals surface area contributed by atoms with Gasteiger partial charge in [-0.05, 0) is 12.5 Å². The van der Waals surface area contributed by atoms with E-state index < -0.39 is 0 Å². The van der Waals surface area contributed by atoms with Crippen LogP contribution in [0, 0.1) is 0 Å². The van der Waals surface area contributed by atoms with Crippen LogP contribution in [-0.2, 0) is 4.74 Å². The molecule has 3 nitrogen and oxygen atoms in total. The average Bonchev–Trinajstić information content (AvgIpc) is 2.76. The van der Waals surface area contributed by atoms with E-state index in [0.717, 1.165) is 5.57 Å². The molecular formula is C15H27NO2. The first kappa shape index (κ1) is 18.8. The Bertz CT molecular complexity index is 293. The molecule has 0 N–H and O–H groups in total. The van der Waals surface area contributed by atoms with Gasteiger partial charge in [0, 0.05) is 7.05 Å². The fraction of sp³-hybridized carbons (Fsp3) is 0.533. The molecule has 0 bridgehead atoms. The highest BCUT2D eigenvalue weighted by atomic mass is 16.6. The molecule has 1 atom stereocenters. The van der Waals surface area contributed by atoms with Crippen LogP contribution in [0.25, 0.3) is 0 Å². The standard InChI is InChI=1S/C11H15NO2.2C2H6/c1-4-6-7-9(5-2)10-8-14-11(13)12(10)3;2*1-2/h4-7,10H,1,8H2,2-3H3;2*1-2H3/b7-6-,9-5+;;. The van der Waals surface area contributed by atoms with Crippen LogP contribution >= 0.6 is 0 Å². The average molecular weight is 253 g/mol. The summed E-state index contributed by atoms with van der Waals surface area (Å²) in [7, 11) is 1.74. The molecule has 1 amide bonds. The molecule has 0 aromatic heterocycles. The molecule has 1 rings (SSSR count). The Morgan fingerprint density at radius 3 is 2.28 bits per heavy atom. The van der Waals surface area contributed by atoms with Crippen molar-refractivity contribution in [3.63, 3.8) is 0 Å². The van der Waals surface area contributed by atoms with Crippen LogP contribution in [-0.4, -0.2) is 30.7 Å². The molecule has 1 unspecified atom stereocenters. The minimum atomic E-state index is -0.263. The van der Waals surface area contributed by atoms with Gasteiger partial charge in [-0.1, -0.05) is 58.6 Å². The third-order valence-corrected chi connectivity index (χ3v) is 2.26. The lowest BCUT2D eigenvalue weighted by Gasteiger charge is -2.16. The second kappa shape index (κ2) is 12.0. The quantitative estimate of drug-likeness (QED) is 0.706. The number of rotatable bonds is 3. The van der Waals surface area contributed by atoms with E-state index in [0.29, 0.717) is 6.61 Å². The first-order valence-electron chi connectivity index (χ1n) is 6.55. The molecule has 1 aliphatic rings. The molecule has 104 valence electrons. The molecule has 0 aliphatic carbocycles. The monoisotopic (exact) mass is 253 g/mol. The zero-order valence-corrected chi connectivity index (χ0v) is 12.6. The van der Waals surface area contributed by atoms with Crippen LogP contribution in [0.1, 0.15) is 34.6 Å². The number of ether oxygens (including phenoxy) is 1. The number of allylic oxidation sites excluding steroid dienone is 3. The third kappa shape index (κ3) is 5.71. The first-order chi connectivity index (χ1) is 8.70. The molecule has 0 aromatic rings. The van der Waals surface area contributed by atoms with Crippen molar-refractivity contribution in [2.45, 2.75) is 40.7 Å². The first-order valence-corrected chi connectivity index (χ1v) is 6.55. The van der Waals surface area contributed by atoms with Gasteiger partial charge in [0.25, 0.3) is 0 Å². The number of amides is 1. The fourth-order valence-corrected chi connectivity index (χ4v) is 1.39. The Kier molecular flexibility index (Phi) is 12.5. The lowest BCUT2D eigenvalue weighted by atomic mass is 10.1. The molecule has 1 saturated heterocycles. The highest BCUT2D eigenvalue weighted by Gasteiger charge is 2.30. The van der Waals surface area contributed by atoms with Gasteiger partial charge in [0.2, 0.25) is 0 Å². The van der Waals surface area contributed by atoms with Crippen molar-refractivity contribution in [2.24, 2.45) is 0 Å². The maximum absolute atomic E-state index is 11.1. The SMILES string of the molecule is C=C/C=C\C(=C/C)C1COC(=O)N1C.CC.CC. The lowest BCUT2D eigenvalue weighted by Crippen LogP contribution is -2.30. The van der Waals surface area contributed by atoms with E-state index in [1.54, 1.807) is 18.0 Å². The van der Waals surface area contributed by atoms with E-state index in [2.05, 4.69) is 6.58 Å². The summed E-state index contributed by atoms with van der Waals surface area (Å²) in [4.78, 5) is 12.7. The van der Waals surface area contributed by atoms with Gasteiger partial charge in [-0.3, -0.25) is 0 Å². The van der Waals surface area contributed by atoms with Gasteiger partial charge in [-0.25, -0.2) is 4.79 Å². The molecule has 1 heterocycles. The summed E-state index contributed by atoms with van der Waals surface area (Å²) in [6.07, 6.45) is 7.22. The Balaban J connectivity index is 0. The number of likely N-dealkylation sites (N-methyl/N-ethyl adjacent to an activating group) is 1. The van der Waals surface area contributed by atoms with E-state index in [-0.39, 0.29) is 12.1 Å². The highest BCUT2D eigenvalue weighted by Crippen LogP contribution is 2.18.